The normalized spacial score (nSPS) is 53.1. The molecule has 0 heteroatoms. The van der Waals surface area contributed by atoms with E-state index in [1.54, 1.807) is 12.8 Å². The van der Waals surface area contributed by atoms with Gasteiger partial charge in [0.05, 0.1) is 0 Å². The minimum Gasteiger partial charge on any atom is -0.0651 e. The quantitative estimate of drug-likeness (QED) is 0.550. The van der Waals surface area contributed by atoms with E-state index < -0.39 is 0 Å². The Morgan fingerprint density at radius 1 is 1.50 bits per heavy atom. The molecule has 0 radical (unpaired) electrons. The van der Waals surface area contributed by atoms with E-state index in [0.717, 1.165) is 23.2 Å². The van der Waals surface area contributed by atoms with E-state index >= 15 is 0 Å². The summed E-state index contributed by atoms with van der Waals surface area (Å²) in [5, 5.41) is 0. The summed E-state index contributed by atoms with van der Waals surface area (Å²) >= 11 is 0. The van der Waals surface area contributed by atoms with Crippen LogP contribution in [0.25, 0.3) is 0 Å². The van der Waals surface area contributed by atoms with Gasteiger partial charge in [0, 0.05) is 0 Å². The third kappa shape index (κ3) is 0.681. The van der Waals surface area contributed by atoms with Gasteiger partial charge in [-0.1, -0.05) is 27.2 Å². The molecule has 0 aliphatic heterocycles. The van der Waals surface area contributed by atoms with Crippen molar-refractivity contribution in [3.05, 3.63) is 0 Å². The Bertz CT molecular complexity index is 150. The Morgan fingerprint density at radius 2 is 2.10 bits per heavy atom. The van der Waals surface area contributed by atoms with Gasteiger partial charge < -0.3 is 0 Å². The second-order valence-corrected chi connectivity index (χ2v) is 4.53. The van der Waals surface area contributed by atoms with Crippen LogP contribution in [0.1, 0.15) is 40.0 Å². The molecule has 2 saturated carbocycles. The predicted octanol–water partition coefficient (Wildman–Crippen LogP) is 3.08. The number of rotatable bonds is 2. The Labute approximate surface area is 64.0 Å². The highest BCUT2D eigenvalue weighted by Gasteiger charge is 2.68. The third-order valence-electron chi connectivity index (χ3n) is 4.02. The van der Waals surface area contributed by atoms with Crippen LogP contribution < -0.4 is 0 Å². The van der Waals surface area contributed by atoms with Gasteiger partial charge in [0.15, 0.2) is 0 Å². The smallest absolute Gasteiger partial charge is 0.0235 e. The van der Waals surface area contributed by atoms with Crippen LogP contribution in [-0.4, -0.2) is 0 Å². The molecule has 4 atom stereocenters. The first-order chi connectivity index (χ1) is 4.70. The molecule has 0 amide bonds. The summed E-state index contributed by atoms with van der Waals surface area (Å²) in [6.45, 7) is 7.16. The zero-order chi connectivity index (χ0) is 7.35. The molecule has 0 aromatic rings. The van der Waals surface area contributed by atoms with Gasteiger partial charge in [0.25, 0.3) is 0 Å². The lowest BCUT2D eigenvalue weighted by Gasteiger charge is -2.05. The Balaban J connectivity index is 1.90. The van der Waals surface area contributed by atoms with E-state index in [4.69, 9.17) is 0 Å². The van der Waals surface area contributed by atoms with Gasteiger partial charge in [-0.25, -0.2) is 0 Å². The molecule has 2 aliphatic rings. The fourth-order valence-electron chi connectivity index (χ4n) is 2.72. The van der Waals surface area contributed by atoms with E-state index in [1.807, 2.05) is 0 Å². The van der Waals surface area contributed by atoms with Crippen molar-refractivity contribution in [1.82, 2.24) is 0 Å². The maximum absolute atomic E-state index is 2.42. The van der Waals surface area contributed by atoms with Crippen LogP contribution in [0.15, 0.2) is 0 Å². The van der Waals surface area contributed by atoms with Crippen molar-refractivity contribution in [2.45, 2.75) is 40.0 Å². The van der Waals surface area contributed by atoms with E-state index in [-0.39, 0.29) is 0 Å². The van der Waals surface area contributed by atoms with Gasteiger partial charge in [-0.3, -0.25) is 0 Å². The average Bonchev–Trinajstić information content (AvgIpc) is 2.76. The van der Waals surface area contributed by atoms with Crippen molar-refractivity contribution >= 4 is 0 Å². The van der Waals surface area contributed by atoms with Crippen LogP contribution in [0.2, 0.25) is 0 Å². The van der Waals surface area contributed by atoms with Crippen molar-refractivity contribution < 1.29 is 0 Å². The Kier molecular flexibility index (Phi) is 1.19. The second-order valence-electron chi connectivity index (χ2n) is 4.53. The fourth-order valence-corrected chi connectivity index (χ4v) is 2.72. The maximum Gasteiger partial charge on any atom is -0.0235 e. The lowest BCUT2D eigenvalue weighted by Crippen LogP contribution is -1.97. The summed E-state index contributed by atoms with van der Waals surface area (Å²) in [7, 11) is 0. The highest BCUT2D eigenvalue weighted by Crippen LogP contribution is 2.76. The van der Waals surface area contributed by atoms with Crippen molar-refractivity contribution in [2.75, 3.05) is 0 Å². The highest BCUT2D eigenvalue weighted by atomic mass is 14.7. The molecular weight excluding hydrogens is 120 g/mol. The zero-order valence-electron chi connectivity index (χ0n) is 7.35. The highest BCUT2D eigenvalue weighted by molar-refractivity contribution is 5.17. The van der Waals surface area contributed by atoms with Crippen molar-refractivity contribution in [1.29, 1.82) is 0 Å². The zero-order valence-corrected chi connectivity index (χ0v) is 7.35. The standard InChI is InChI=1S/C10H18/c1-4-7(2)9-6-10(9)5-8(10)3/h7-9H,4-6H2,1-3H3. The maximum atomic E-state index is 2.42. The summed E-state index contributed by atoms with van der Waals surface area (Å²) in [5.41, 5.74) is 0.898. The van der Waals surface area contributed by atoms with Gasteiger partial charge in [0.1, 0.15) is 0 Å². The van der Waals surface area contributed by atoms with Gasteiger partial charge >= 0.3 is 0 Å². The molecule has 10 heavy (non-hydrogen) atoms. The summed E-state index contributed by atoms with van der Waals surface area (Å²) < 4.78 is 0. The van der Waals surface area contributed by atoms with Gasteiger partial charge in [0.2, 0.25) is 0 Å². The largest absolute Gasteiger partial charge is 0.0651 e. The van der Waals surface area contributed by atoms with Gasteiger partial charge in [-0.15, -0.1) is 0 Å². The summed E-state index contributed by atoms with van der Waals surface area (Å²) in [5.74, 6) is 3.20. The van der Waals surface area contributed by atoms with Crippen molar-refractivity contribution in [2.24, 2.45) is 23.2 Å². The molecule has 0 heterocycles. The third-order valence-corrected chi connectivity index (χ3v) is 4.02. The lowest BCUT2D eigenvalue weighted by molar-refractivity contribution is 0.445. The lowest BCUT2D eigenvalue weighted by atomic mass is 10.0. The number of hydrogen-bond donors (Lipinski definition) is 0. The first kappa shape index (κ1) is 6.69. The first-order valence-corrected chi connectivity index (χ1v) is 4.70. The van der Waals surface area contributed by atoms with E-state index in [2.05, 4.69) is 20.8 Å². The molecular formula is C10H18. The van der Waals surface area contributed by atoms with Gasteiger partial charge in [-0.05, 0) is 36.0 Å². The molecule has 0 aromatic heterocycles. The average molecular weight is 138 g/mol. The van der Waals surface area contributed by atoms with E-state index in [1.165, 1.54) is 6.42 Å². The minimum atomic E-state index is 0.898. The van der Waals surface area contributed by atoms with Crippen LogP contribution in [0.3, 0.4) is 0 Å². The summed E-state index contributed by atoms with van der Waals surface area (Å²) in [6, 6.07) is 0. The molecule has 0 saturated heterocycles. The predicted molar refractivity (Wildman–Crippen MR) is 43.8 cm³/mol. The molecule has 58 valence electrons. The fraction of sp³-hybridized carbons (Fsp3) is 1.00. The molecule has 2 aliphatic carbocycles. The van der Waals surface area contributed by atoms with Crippen LogP contribution in [-0.2, 0) is 0 Å². The topological polar surface area (TPSA) is 0 Å². The molecule has 0 bridgehead atoms. The molecule has 2 fully saturated rings. The molecule has 0 N–H and O–H groups in total. The molecule has 0 nitrogen and oxygen atoms in total. The van der Waals surface area contributed by atoms with Crippen LogP contribution in [0, 0.1) is 23.2 Å². The second kappa shape index (κ2) is 1.78. The monoisotopic (exact) mass is 138 g/mol. The van der Waals surface area contributed by atoms with E-state index in [0.29, 0.717) is 0 Å². The molecule has 4 unspecified atom stereocenters. The van der Waals surface area contributed by atoms with Crippen LogP contribution in [0.4, 0.5) is 0 Å². The minimum absolute atomic E-state index is 0.898. The molecule has 2 rings (SSSR count). The number of hydrogen-bond acceptors (Lipinski definition) is 0. The van der Waals surface area contributed by atoms with Crippen LogP contribution in [0.5, 0.6) is 0 Å². The van der Waals surface area contributed by atoms with Crippen molar-refractivity contribution in [3.8, 4) is 0 Å². The van der Waals surface area contributed by atoms with Gasteiger partial charge in [-0.2, -0.15) is 0 Å². The molecule has 1 spiro atoms. The summed E-state index contributed by atoms with van der Waals surface area (Å²) in [6.07, 6.45) is 4.49. The van der Waals surface area contributed by atoms with E-state index in [9.17, 15) is 0 Å². The first-order valence-electron chi connectivity index (χ1n) is 4.70. The van der Waals surface area contributed by atoms with Crippen LogP contribution >= 0.6 is 0 Å². The molecule has 0 aromatic carbocycles. The van der Waals surface area contributed by atoms with Crippen molar-refractivity contribution in [3.63, 3.8) is 0 Å². The summed E-state index contributed by atoms with van der Waals surface area (Å²) in [4.78, 5) is 0. The Morgan fingerprint density at radius 3 is 2.40 bits per heavy atom. The Hall–Kier alpha value is 0. The SMILES string of the molecule is CCC(C)C1CC12CC2C.